The fourth-order valence-corrected chi connectivity index (χ4v) is 2.13. The molecule has 10 nitrogen and oxygen atoms in total. The van der Waals surface area contributed by atoms with E-state index in [1.165, 1.54) is 7.11 Å². The van der Waals surface area contributed by atoms with Crippen molar-refractivity contribution in [2.24, 2.45) is 0 Å². The summed E-state index contributed by atoms with van der Waals surface area (Å²) in [5, 5.41) is 20.8. The molecule has 0 bridgehead atoms. The predicted octanol–water partition coefficient (Wildman–Crippen LogP) is 1.42. The molecule has 0 radical (unpaired) electrons. The molecule has 1 aromatic carbocycles. The van der Waals surface area contributed by atoms with Crippen molar-refractivity contribution in [2.45, 2.75) is 13.0 Å². The second kappa shape index (κ2) is 8.48. The van der Waals surface area contributed by atoms with Gasteiger partial charge in [0, 0.05) is 5.56 Å². The van der Waals surface area contributed by atoms with Gasteiger partial charge in [-0.2, -0.15) is 10.2 Å². The van der Waals surface area contributed by atoms with Crippen LogP contribution in [0.15, 0.2) is 24.3 Å². The number of hydrogen-bond acceptors (Lipinski definition) is 8. The Hall–Kier alpha value is -3.87. The van der Waals surface area contributed by atoms with E-state index >= 15 is 0 Å². The van der Waals surface area contributed by atoms with E-state index in [1.807, 2.05) is 6.07 Å². The molecule has 0 saturated carbocycles. The Morgan fingerprint density at radius 2 is 2.15 bits per heavy atom. The summed E-state index contributed by atoms with van der Waals surface area (Å²) in [6.07, 6.45) is -1.28. The summed E-state index contributed by atoms with van der Waals surface area (Å²) in [6, 6.07) is 8.44. The van der Waals surface area contributed by atoms with Gasteiger partial charge in [0.25, 0.3) is 0 Å². The zero-order chi connectivity index (χ0) is 20.0. The van der Waals surface area contributed by atoms with Crippen LogP contribution in [0, 0.1) is 11.3 Å². The summed E-state index contributed by atoms with van der Waals surface area (Å²) in [5.74, 6) is -1.77. The number of carboxylic acid groups (broad SMARTS) is 1. The van der Waals surface area contributed by atoms with Gasteiger partial charge in [-0.1, -0.05) is 12.1 Å². The van der Waals surface area contributed by atoms with Crippen LogP contribution in [0.1, 0.15) is 22.8 Å². The lowest BCUT2D eigenvalue weighted by Gasteiger charge is -2.17. The number of nitrogens with one attached hydrogen (secondary N) is 1. The van der Waals surface area contributed by atoms with E-state index in [9.17, 15) is 14.7 Å². The molecule has 1 amide bonds. The number of carboxylic acids is 1. The summed E-state index contributed by atoms with van der Waals surface area (Å²) >= 11 is 0. The largest absolute Gasteiger partial charge is 0.477 e. The van der Waals surface area contributed by atoms with Gasteiger partial charge in [0.1, 0.15) is 11.9 Å². The molecule has 1 aromatic heterocycles. The Labute approximate surface area is 154 Å². The smallest absolute Gasteiger partial charge is 0.406 e. The summed E-state index contributed by atoms with van der Waals surface area (Å²) in [6.45, 7) is 1.66. The fraction of sp³-hybridized carbons (Fsp3) is 0.235. The summed E-state index contributed by atoms with van der Waals surface area (Å²) in [5.41, 5.74) is 6.25. The normalized spacial score (nSPS) is 11.1. The van der Waals surface area contributed by atoms with Crippen molar-refractivity contribution >= 4 is 17.9 Å². The Balaban J connectivity index is 2.39. The fourth-order valence-electron chi connectivity index (χ4n) is 2.13. The van der Waals surface area contributed by atoms with Crippen LogP contribution in [0.3, 0.4) is 0 Å². The van der Waals surface area contributed by atoms with Crippen molar-refractivity contribution < 1.29 is 24.2 Å². The van der Waals surface area contributed by atoms with Gasteiger partial charge in [0.2, 0.25) is 5.88 Å². The maximum absolute atomic E-state index is 11.5. The molecular formula is C17H17N5O5. The quantitative estimate of drug-likeness (QED) is 0.682. The number of anilines is 1. The predicted molar refractivity (Wildman–Crippen MR) is 94.1 cm³/mol. The maximum Gasteiger partial charge on any atom is 0.406 e. The first kappa shape index (κ1) is 19.5. The minimum absolute atomic E-state index is 0.0505. The molecule has 10 heteroatoms. The molecule has 0 aliphatic rings. The van der Waals surface area contributed by atoms with E-state index in [0.717, 1.165) is 0 Å². The first-order valence-corrected chi connectivity index (χ1v) is 7.75. The highest BCUT2D eigenvalue weighted by Gasteiger charge is 2.22. The number of alkyl carbamates (subject to hydrolysis) is 1. The zero-order valence-corrected chi connectivity index (χ0v) is 14.6. The van der Waals surface area contributed by atoms with Crippen molar-refractivity contribution in [3.05, 3.63) is 35.4 Å². The molecule has 1 heterocycles. The van der Waals surface area contributed by atoms with Crippen LogP contribution in [0.4, 0.5) is 10.6 Å². The number of amides is 1. The van der Waals surface area contributed by atoms with Crippen LogP contribution in [-0.4, -0.2) is 46.9 Å². The second-order valence-corrected chi connectivity index (χ2v) is 5.41. The highest BCUT2D eigenvalue weighted by Crippen LogP contribution is 2.27. The van der Waals surface area contributed by atoms with Crippen LogP contribution >= 0.6 is 0 Å². The van der Waals surface area contributed by atoms with Crippen LogP contribution in [0.2, 0.25) is 0 Å². The number of aromatic nitrogens is 2. The topological polar surface area (TPSA) is 160 Å². The molecule has 0 fully saturated rings. The number of aromatic carboxylic acids is 1. The number of hydrogen-bond donors (Lipinski definition) is 3. The van der Waals surface area contributed by atoms with E-state index in [0.29, 0.717) is 11.1 Å². The van der Waals surface area contributed by atoms with Gasteiger partial charge in [0.15, 0.2) is 11.4 Å². The van der Waals surface area contributed by atoms with Gasteiger partial charge in [-0.3, -0.25) is 0 Å². The Kier molecular flexibility index (Phi) is 6.11. The molecule has 0 aliphatic carbocycles. The minimum atomic E-state index is -1.35. The first-order valence-electron chi connectivity index (χ1n) is 7.75. The highest BCUT2D eigenvalue weighted by atomic mass is 16.5. The highest BCUT2D eigenvalue weighted by molar-refractivity contribution is 5.95. The third-order valence-corrected chi connectivity index (χ3v) is 3.40. The van der Waals surface area contributed by atoms with Gasteiger partial charge >= 0.3 is 12.1 Å². The summed E-state index contributed by atoms with van der Waals surface area (Å²) < 4.78 is 10.0. The number of nitrogens with two attached hydrogens (primary N) is 1. The number of nitriles is 1. The number of carbonyl (C=O) groups excluding carboxylic acids is 1. The Morgan fingerprint density at radius 1 is 1.41 bits per heavy atom. The number of nitrogens with zero attached hydrogens (tertiary/aromatic N) is 3. The summed E-state index contributed by atoms with van der Waals surface area (Å²) in [4.78, 5) is 30.8. The van der Waals surface area contributed by atoms with Crippen LogP contribution < -0.4 is 15.8 Å². The lowest BCUT2D eigenvalue weighted by atomic mass is 10.1. The molecule has 0 saturated heterocycles. The third kappa shape index (κ3) is 4.82. The van der Waals surface area contributed by atoms with E-state index in [-0.39, 0.29) is 29.6 Å². The number of rotatable bonds is 6. The van der Waals surface area contributed by atoms with E-state index in [4.69, 9.17) is 15.7 Å². The molecule has 140 valence electrons. The van der Waals surface area contributed by atoms with Crippen molar-refractivity contribution in [2.75, 3.05) is 19.4 Å². The Bertz CT molecular complexity index is 909. The van der Waals surface area contributed by atoms with Gasteiger partial charge in [-0.25, -0.2) is 14.6 Å². The summed E-state index contributed by atoms with van der Waals surface area (Å²) in [7, 11) is 1.22. The molecule has 2 aromatic rings. The lowest BCUT2D eigenvalue weighted by Crippen LogP contribution is -2.34. The van der Waals surface area contributed by atoms with Crippen LogP contribution in [-0.2, 0) is 4.74 Å². The monoisotopic (exact) mass is 371 g/mol. The molecule has 0 aliphatic heterocycles. The van der Waals surface area contributed by atoms with Crippen LogP contribution in [0.25, 0.3) is 11.4 Å². The number of benzene rings is 1. The molecule has 1 atom stereocenters. The lowest BCUT2D eigenvalue weighted by molar-refractivity contribution is 0.0688. The van der Waals surface area contributed by atoms with Crippen molar-refractivity contribution in [3.63, 3.8) is 0 Å². The van der Waals surface area contributed by atoms with Crippen molar-refractivity contribution in [3.8, 4) is 23.3 Å². The number of methoxy groups -OCH3 is 1. The Morgan fingerprint density at radius 3 is 2.78 bits per heavy atom. The second-order valence-electron chi connectivity index (χ2n) is 5.41. The van der Waals surface area contributed by atoms with Gasteiger partial charge in [-0.05, 0) is 19.1 Å². The SMILES string of the molecule is COC(=O)NCC(C)Oc1nc(-c2cccc(C#N)c2)nc(N)c1C(=O)O. The van der Waals surface area contributed by atoms with Gasteiger partial charge < -0.3 is 25.6 Å². The molecule has 1 unspecified atom stereocenters. The minimum Gasteiger partial charge on any atom is -0.477 e. The maximum atomic E-state index is 11.5. The van der Waals surface area contributed by atoms with Gasteiger partial charge in [0.05, 0.1) is 25.3 Å². The van der Waals surface area contributed by atoms with E-state index in [2.05, 4.69) is 20.0 Å². The van der Waals surface area contributed by atoms with E-state index in [1.54, 1.807) is 31.2 Å². The van der Waals surface area contributed by atoms with Gasteiger partial charge in [-0.15, -0.1) is 0 Å². The molecular weight excluding hydrogens is 354 g/mol. The number of ether oxygens (including phenoxy) is 2. The molecule has 27 heavy (non-hydrogen) atoms. The number of nitrogen functional groups attached to an aromatic ring is 1. The molecule has 0 spiro atoms. The standard InChI is InChI=1S/C17H17N5O5/c1-9(8-20-17(25)26-2)27-15-12(16(23)24)13(19)21-14(22-15)11-5-3-4-10(6-11)7-18/h3-6,9H,8H2,1-2H3,(H,20,25)(H,23,24)(H2,19,21,22). The average Bonchev–Trinajstić information content (AvgIpc) is 2.65. The average molecular weight is 371 g/mol. The van der Waals surface area contributed by atoms with Crippen molar-refractivity contribution in [1.82, 2.24) is 15.3 Å². The molecule has 2 rings (SSSR count). The van der Waals surface area contributed by atoms with Crippen molar-refractivity contribution in [1.29, 1.82) is 5.26 Å². The number of carbonyl (C=O) groups is 2. The van der Waals surface area contributed by atoms with Crippen LogP contribution in [0.5, 0.6) is 5.88 Å². The zero-order valence-electron chi connectivity index (χ0n) is 14.6. The van der Waals surface area contributed by atoms with E-state index < -0.39 is 18.2 Å². The first-order chi connectivity index (χ1) is 12.8. The molecule has 4 N–H and O–H groups in total. The third-order valence-electron chi connectivity index (χ3n) is 3.40.